The largest absolute Gasteiger partial charge is 0.496 e. The van der Waals surface area contributed by atoms with Gasteiger partial charge in [0.1, 0.15) is 22.6 Å². The Morgan fingerprint density at radius 3 is 2.32 bits per heavy atom. The van der Waals surface area contributed by atoms with Crippen LogP contribution in [-0.4, -0.2) is 68.9 Å². The minimum absolute atomic E-state index is 0.312. The van der Waals surface area contributed by atoms with E-state index in [1.807, 2.05) is 12.1 Å². The maximum atomic E-state index is 12.7. The first kappa shape index (κ1) is 20.2. The second kappa shape index (κ2) is 8.65. The van der Waals surface area contributed by atoms with E-state index < -0.39 is 0 Å². The first-order valence-corrected chi connectivity index (χ1v) is 9.71. The van der Waals surface area contributed by atoms with Gasteiger partial charge >= 0.3 is 5.97 Å². The number of pyridine rings is 1. The predicted octanol–water partition coefficient (Wildman–Crippen LogP) is 2.96. The van der Waals surface area contributed by atoms with Crippen LogP contribution in [0.4, 0.5) is 5.69 Å². The number of carbonyl (C=O) groups excluding carboxylic acids is 1. The quantitative estimate of drug-likeness (QED) is 0.706. The van der Waals surface area contributed by atoms with Gasteiger partial charge < -0.3 is 19.1 Å². The van der Waals surface area contributed by atoms with Crippen LogP contribution in [0.3, 0.4) is 0 Å². The van der Waals surface area contributed by atoms with E-state index in [4.69, 9.17) is 14.2 Å². The van der Waals surface area contributed by atoms with E-state index in [0.717, 1.165) is 37.3 Å². The van der Waals surface area contributed by atoms with Gasteiger partial charge in [0.05, 0.1) is 31.9 Å². The van der Waals surface area contributed by atoms with E-state index in [0.29, 0.717) is 35.2 Å². The van der Waals surface area contributed by atoms with Crippen LogP contribution in [0.25, 0.3) is 10.9 Å². The summed E-state index contributed by atoms with van der Waals surface area (Å²) >= 11 is 0. The summed E-state index contributed by atoms with van der Waals surface area (Å²) in [6.45, 7) is 9.99. The zero-order chi connectivity index (χ0) is 20.3. The van der Waals surface area contributed by atoms with Crippen molar-refractivity contribution in [2.75, 3.05) is 51.9 Å². The third-order valence-electron chi connectivity index (χ3n) is 5.21. The standard InChI is InChI=1S/C21H29N3O4/c1-6-28-21(25)15-13-22-19-17(27-5)8-7-16(26-4)18(19)20(15)24-11-9-23(10-12-24)14(2)3/h7-8,13-14H,6,9-12H2,1-5H3. The van der Waals surface area contributed by atoms with Crippen LogP contribution in [0, 0.1) is 0 Å². The molecular weight excluding hydrogens is 358 g/mol. The van der Waals surface area contributed by atoms with Crippen LogP contribution in [0.1, 0.15) is 31.1 Å². The highest BCUT2D eigenvalue weighted by molar-refractivity contribution is 6.09. The molecule has 1 aliphatic rings. The van der Waals surface area contributed by atoms with Crippen molar-refractivity contribution in [3.8, 4) is 11.5 Å². The van der Waals surface area contributed by atoms with Crippen LogP contribution in [0.2, 0.25) is 0 Å². The molecule has 0 radical (unpaired) electrons. The van der Waals surface area contributed by atoms with Crippen LogP contribution in [0.15, 0.2) is 18.3 Å². The van der Waals surface area contributed by atoms with Gasteiger partial charge in [-0.15, -0.1) is 0 Å². The average Bonchev–Trinajstić information content (AvgIpc) is 2.72. The van der Waals surface area contributed by atoms with Crippen molar-refractivity contribution >= 4 is 22.6 Å². The Kier molecular flexibility index (Phi) is 6.24. The van der Waals surface area contributed by atoms with Crippen LogP contribution < -0.4 is 14.4 Å². The SMILES string of the molecule is CCOC(=O)c1cnc2c(OC)ccc(OC)c2c1N1CCN(C(C)C)CC1. The van der Waals surface area contributed by atoms with Crippen molar-refractivity contribution in [1.29, 1.82) is 0 Å². The molecule has 1 aliphatic heterocycles. The van der Waals surface area contributed by atoms with Gasteiger partial charge in [-0.2, -0.15) is 0 Å². The fourth-order valence-electron chi connectivity index (χ4n) is 3.72. The lowest BCUT2D eigenvalue weighted by atomic mass is 10.0. The summed E-state index contributed by atoms with van der Waals surface area (Å²) in [5, 5.41) is 0.783. The maximum Gasteiger partial charge on any atom is 0.341 e. The average molecular weight is 387 g/mol. The summed E-state index contributed by atoms with van der Waals surface area (Å²) in [6.07, 6.45) is 1.59. The number of hydrogen-bond donors (Lipinski definition) is 0. The summed E-state index contributed by atoms with van der Waals surface area (Å²) in [4.78, 5) is 21.9. The van der Waals surface area contributed by atoms with E-state index in [2.05, 4.69) is 28.6 Å². The Labute approximate surface area is 166 Å². The van der Waals surface area contributed by atoms with Gasteiger partial charge in [0, 0.05) is 38.4 Å². The maximum absolute atomic E-state index is 12.7. The van der Waals surface area contributed by atoms with E-state index >= 15 is 0 Å². The molecule has 0 spiro atoms. The molecule has 3 rings (SSSR count). The fourth-order valence-corrected chi connectivity index (χ4v) is 3.72. The number of rotatable bonds is 6. The van der Waals surface area contributed by atoms with E-state index in [1.54, 1.807) is 27.3 Å². The Hall–Kier alpha value is -2.54. The van der Waals surface area contributed by atoms with Gasteiger partial charge in [-0.25, -0.2) is 4.79 Å². The number of carbonyl (C=O) groups is 1. The molecule has 0 aliphatic carbocycles. The first-order chi connectivity index (χ1) is 13.5. The van der Waals surface area contributed by atoms with Crippen molar-refractivity contribution in [3.63, 3.8) is 0 Å². The van der Waals surface area contributed by atoms with Crippen molar-refractivity contribution < 1.29 is 19.0 Å². The predicted molar refractivity (Wildman–Crippen MR) is 110 cm³/mol. The fraction of sp³-hybridized carbons (Fsp3) is 0.524. The molecule has 0 bridgehead atoms. The van der Waals surface area contributed by atoms with Crippen LogP contribution >= 0.6 is 0 Å². The van der Waals surface area contributed by atoms with Gasteiger partial charge in [-0.05, 0) is 32.9 Å². The molecule has 7 nitrogen and oxygen atoms in total. The number of aromatic nitrogens is 1. The van der Waals surface area contributed by atoms with Crippen molar-refractivity contribution in [3.05, 3.63) is 23.9 Å². The minimum atomic E-state index is -0.372. The molecule has 0 amide bonds. The summed E-state index contributed by atoms with van der Waals surface area (Å²) in [6, 6.07) is 4.18. The van der Waals surface area contributed by atoms with Crippen LogP contribution in [-0.2, 0) is 4.74 Å². The molecule has 1 aromatic carbocycles. The van der Waals surface area contributed by atoms with Gasteiger partial charge in [-0.1, -0.05) is 0 Å². The normalized spacial score (nSPS) is 15.1. The number of fused-ring (bicyclic) bond motifs is 1. The second-order valence-electron chi connectivity index (χ2n) is 7.05. The molecule has 7 heteroatoms. The van der Waals surface area contributed by atoms with E-state index in [9.17, 15) is 4.79 Å². The van der Waals surface area contributed by atoms with Crippen LogP contribution in [0.5, 0.6) is 11.5 Å². The van der Waals surface area contributed by atoms with Crippen molar-refractivity contribution in [1.82, 2.24) is 9.88 Å². The number of methoxy groups -OCH3 is 2. The molecule has 152 valence electrons. The van der Waals surface area contributed by atoms with E-state index in [-0.39, 0.29) is 5.97 Å². The summed E-state index contributed by atoms with van der Waals surface area (Å²) in [5.74, 6) is 0.937. The molecule has 1 fully saturated rings. The number of benzene rings is 1. The Bertz CT molecular complexity index is 845. The number of esters is 1. The van der Waals surface area contributed by atoms with Crippen molar-refractivity contribution in [2.45, 2.75) is 26.8 Å². The molecule has 1 aromatic heterocycles. The van der Waals surface area contributed by atoms with Crippen molar-refractivity contribution in [2.24, 2.45) is 0 Å². The summed E-state index contributed by atoms with van der Waals surface area (Å²) in [7, 11) is 3.24. The Balaban J connectivity index is 2.18. The molecule has 0 unspecified atom stereocenters. The third kappa shape index (κ3) is 3.71. The Morgan fingerprint density at radius 1 is 1.11 bits per heavy atom. The summed E-state index contributed by atoms with van der Waals surface area (Å²) in [5.41, 5.74) is 1.94. The highest BCUT2D eigenvalue weighted by Crippen LogP contribution is 2.40. The molecule has 2 heterocycles. The lowest BCUT2D eigenvalue weighted by Gasteiger charge is -2.39. The molecular formula is C21H29N3O4. The lowest BCUT2D eigenvalue weighted by Crippen LogP contribution is -2.49. The smallest absolute Gasteiger partial charge is 0.341 e. The molecule has 0 N–H and O–H groups in total. The molecule has 0 saturated carbocycles. The zero-order valence-electron chi connectivity index (χ0n) is 17.3. The third-order valence-corrected chi connectivity index (χ3v) is 5.21. The molecule has 1 saturated heterocycles. The van der Waals surface area contributed by atoms with Gasteiger partial charge in [0.2, 0.25) is 0 Å². The molecule has 2 aromatic rings. The van der Waals surface area contributed by atoms with E-state index in [1.165, 1.54) is 0 Å². The number of hydrogen-bond acceptors (Lipinski definition) is 7. The monoisotopic (exact) mass is 387 g/mol. The van der Waals surface area contributed by atoms with Gasteiger partial charge in [0.25, 0.3) is 0 Å². The number of anilines is 1. The highest BCUT2D eigenvalue weighted by Gasteiger charge is 2.28. The minimum Gasteiger partial charge on any atom is -0.496 e. The van der Waals surface area contributed by atoms with Gasteiger partial charge in [-0.3, -0.25) is 9.88 Å². The molecule has 28 heavy (non-hydrogen) atoms. The summed E-state index contributed by atoms with van der Waals surface area (Å²) < 4.78 is 16.4. The first-order valence-electron chi connectivity index (χ1n) is 9.71. The lowest BCUT2D eigenvalue weighted by molar-refractivity contribution is 0.0526. The second-order valence-corrected chi connectivity index (χ2v) is 7.05. The Morgan fingerprint density at radius 2 is 1.75 bits per heavy atom. The topological polar surface area (TPSA) is 64.1 Å². The number of piperazine rings is 1. The highest BCUT2D eigenvalue weighted by atomic mass is 16.5. The zero-order valence-corrected chi connectivity index (χ0v) is 17.3. The number of nitrogens with zero attached hydrogens (tertiary/aromatic N) is 3. The molecule has 0 atom stereocenters. The number of ether oxygens (including phenoxy) is 3. The van der Waals surface area contributed by atoms with Gasteiger partial charge in [0.15, 0.2) is 0 Å².